The zero-order chi connectivity index (χ0) is 13.2. The number of rotatable bonds is 9. The van der Waals surface area contributed by atoms with Crippen molar-refractivity contribution in [2.45, 2.75) is 13.0 Å². The lowest BCUT2D eigenvalue weighted by atomic mass is 10.3. The van der Waals surface area contributed by atoms with Gasteiger partial charge in [0.1, 0.15) is 12.0 Å². The van der Waals surface area contributed by atoms with Crippen LogP contribution < -0.4 is 5.32 Å². The van der Waals surface area contributed by atoms with Crippen molar-refractivity contribution in [2.75, 3.05) is 33.5 Å². The van der Waals surface area contributed by atoms with Gasteiger partial charge in [0.2, 0.25) is 0 Å². The first-order chi connectivity index (χ1) is 8.77. The number of ether oxygens (including phenoxy) is 2. The molecule has 1 aromatic heterocycles. The Morgan fingerprint density at radius 3 is 3.06 bits per heavy atom. The van der Waals surface area contributed by atoms with E-state index in [2.05, 4.69) is 10.1 Å². The van der Waals surface area contributed by atoms with Crippen LogP contribution in [0.15, 0.2) is 16.7 Å². The van der Waals surface area contributed by atoms with Crippen molar-refractivity contribution >= 4 is 5.97 Å². The Kier molecular flexibility index (Phi) is 7.09. The molecule has 1 heterocycles. The van der Waals surface area contributed by atoms with Crippen molar-refractivity contribution in [1.29, 1.82) is 0 Å². The monoisotopic (exact) mass is 257 g/mol. The van der Waals surface area contributed by atoms with E-state index in [-0.39, 0.29) is 6.61 Å². The molecule has 102 valence electrons. The van der Waals surface area contributed by atoms with E-state index in [1.165, 1.54) is 13.4 Å². The van der Waals surface area contributed by atoms with E-state index in [1.54, 1.807) is 6.07 Å². The van der Waals surface area contributed by atoms with Crippen molar-refractivity contribution in [1.82, 2.24) is 5.32 Å². The number of esters is 1. The van der Waals surface area contributed by atoms with Gasteiger partial charge >= 0.3 is 5.97 Å². The van der Waals surface area contributed by atoms with Gasteiger partial charge < -0.3 is 24.3 Å². The van der Waals surface area contributed by atoms with Gasteiger partial charge in [-0.3, -0.25) is 0 Å². The van der Waals surface area contributed by atoms with Crippen LogP contribution in [0, 0.1) is 0 Å². The van der Waals surface area contributed by atoms with Crippen LogP contribution in [0.4, 0.5) is 0 Å². The smallest absolute Gasteiger partial charge is 0.341 e. The third-order valence-corrected chi connectivity index (χ3v) is 2.25. The summed E-state index contributed by atoms with van der Waals surface area (Å²) in [5, 5.41) is 11.7. The molecule has 0 aliphatic heterocycles. The van der Waals surface area contributed by atoms with Crippen LogP contribution in [0.3, 0.4) is 0 Å². The maximum absolute atomic E-state index is 11.2. The minimum atomic E-state index is -0.401. The standard InChI is InChI=1S/C12H19NO5/c1-16-12(15)10-7-11(18-9-10)8-13-3-2-5-17-6-4-14/h7,9,13-14H,2-6,8H2,1H3. The van der Waals surface area contributed by atoms with Crippen LogP contribution in [0.1, 0.15) is 22.5 Å². The summed E-state index contributed by atoms with van der Waals surface area (Å²) in [6, 6.07) is 1.65. The average molecular weight is 257 g/mol. The fraction of sp³-hybridized carbons (Fsp3) is 0.583. The zero-order valence-electron chi connectivity index (χ0n) is 10.5. The summed E-state index contributed by atoms with van der Waals surface area (Å²) in [6.45, 7) is 2.37. The highest BCUT2D eigenvalue weighted by atomic mass is 16.5. The van der Waals surface area contributed by atoms with Gasteiger partial charge in [-0.1, -0.05) is 0 Å². The van der Waals surface area contributed by atoms with E-state index in [0.717, 1.165) is 13.0 Å². The van der Waals surface area contributed by atoms with E-state index < -0.39 is 5.97 Å². The molecule has 1 rings (SSSR count). The van der Waals surface area contributed by atoms with Crippen LogP contribution in [0.2, 0.25) is 0 Å². The molecule has 0 amide bonds. The minimum absolute atomic E-state index is 0.0517. The van der Waals surface area contributed by atoms with Crippen molar-refractivity contribution < 1.29 is 23.8 Å². The molecule has 0 fully saturated rings. The van der Waals surface area contributed by atoms with Gasteiger partial charge in [-0.05, 0) is 19.0 Å². The van der Waals surface area contributed by atoms with Gasteiger partial charge in [-0.15, -0.1) is 0 Å². The maximum Gasteiger partial charge on any atom is 0.341 e. The number of hydrogen-bond donors (Lipinski definition) is 2. The average Bonchev–Trinajstić information content (AvgIpc) is 2.85. The van der Waals surface area contributed by atoms with Gasteiger partial charge in [0.15, 0.2) is 0 Å². The lowest BCUT2D eigenvalue weighted by Crippen LogP contribution is -2.16. The van der Waals surface area contributed by atoms with Crippen LogP contribution in [0.5, 0.6) is 0 Å². The number of carbonyl (C=O) groups excluding carboxylic acids is 1. The molecule has 0 saturated carbocycles. The fourth-order valence-electron chi connectivity index (χ4n) is 1.38. The first kappa shape index (κ1) is 14.7. The Hall–Kier alpha value is -1.37. The molecule has 6 heteroatoms. The van der Waals surface area contributed by atoms with Crippen molar-refractivity contribution in [3.8, 4) is 0 Å². The number of furan rings is 1. The molecule has 0 spiro atoms. The SMILES string of the molecule is COC(=O)c1coc(CNCCCOCCO)c1. The molecule has 0 radical (unpaired) electrons. The molecule has 0 aliphatic carbocycles. The fourth-order valence-corrected chi connectivity index (χ4v) is 1.38. The van der Waals surface area contributed by atoms with E-state index in [1.807, 2.05) is 0 Å². The third-order valence-electron chi connectivity index (χ3n) is 2.25. The Morgan fingerprint density at radius 1 is 1.50 bits per heavy atom. The molecule has 18 heavy (non-hydrogen) atoms. The highest BCUT2D eigenvalue weighted by Crippen LogP contribution is 2.08. The second-order valence-electron chi connectivity index (χ2n) is 3.66. The summed E-state index contributed by atoms with van der Waals surface area (Å²) < 4.78 is 14.9. The molecule has 0 bridgehead atoms. The van der Waals surface area contributed by atoms with Gasteiger partial charge in [0, 0.05) is 6.61 Å². The second-order valence-corrected chi connectivity index (χ2v) is 3.66. The molecule has 0 saturated heterocycles. The lowest BCUT2D eigenvalue weighted by molar-refractivity contribution is 0.0600. The van der Waals surface area contributed by atoms with Gasteiger partial charge in [0.05, 0.1) is 32.4 Å². The normalized spacial score (nSPS) is 10.6. The van der Waals surface area contributed by atoms with E-state index in [9.17, 15) is 4.79 Å². The number of aliphatic hydroxyl groups excluding tert-OH is 1. The first-order valence-electron chi connectivity index (χ1n) is 5.83. The van der Waals surface area contributed by atoms with Crippen LogP contribution in [0.25, 0.3) is 0 Å². The largest absolute Gasteiger partial charge is 0.467 e. The van der Waals surface area contributed by atoms with Gasteiger partial charge in [-0.25, -0.2) is 4.79 Å². The first-order valence-corrected chi connectivity index (χ1v) is 5.83. The summed E-state index contributed by atoms with van der Waals surface area (Å²) in [4.78, 5) is 11.2. The zero-order valence-corrected chi connectivity index (χ0v) is 10.5. The Balaban J connectivity index is 2.12. The quantitative estimate of drug-likeness (QED) is 0.497. The summed E-state index contributed by atoms with van der Waals surface area (Å²) in [5.74, 6) is 0.286. The topological polar surface area (TPSA) is 80.9 Å². The number of hydrogen-bond acceptors (Lipinski definition) is 6. The maximum atomic E-state index is 11.2. The predicted octanol–water partition coefficient (Wildman–Crippen LogP) is 0.555. The summed E-state index contributed by atoms with van der Waals surface area (Å²) >= 11 is 0. The van der Waals surface area contributed by atoms with E-state index >= 15 is 0 Å². The molecule has 6 nitrogen and oxygen atoms in total. The number of carbonyl (C=O) groups is 1. The number of nitrogens with one attached hydrogen (secondary N) is 1. The molecule has 0 unspecified atom stereocenters. The third kappa shape index (κ3) is 5.31. The van der Waals surface area contributed by atoms with E-state index in [0.29, 0.717) is 31.1 Å². The lowest BCUT2D eigenvalue weighted by Gasteiger charge is -2.03. The molecular weight excluding hydrogens is 238 g/mol. The Morgan fingerprint density at radius 2 is 2.33 bits per heavy atom. The Bertz CT molecular complexity index is 350. The molecule has 0 aromatic carbocycles. The molecule has 0 atom stereocenters. The summed E-state index contributed by atoms with van der Waals surface area (Å²) in [6.07, 6.45) is 2.23. The van der Waals surface area contributed by atoms with Crippen LogP contribution in [-0.2, 0) is 16.0 Å². The van der Waals surface area contributed by atoms with Gasteiger partial charge in [-0.2, -0.15) is 0 Å². The second kappa shape index (κ2) is 8.68. The van der Waals surface area contributed by atoms with Gasteiger partial charge in [0.25, 0.3) is 0 Å². The molecule has 2 N–H and O–H groups in total. The number of aliphatic hydroxyl groups is 1. The van der Waals surface area contributed by atoms with Crippen LogP contribution in [-0.4, -0.2) is 44.6 Å². The van der Waals surface area contributed by atoms with E-state index in [4.69, 9.17) is 14.3 Å². The highest BCUT2D eigenvalue weighted by Gasteiger charge is 2.09. The number of methoxy groups -OCH3 is 1. The Labute approximate surface area is 106 Å². The molecular formula is C12H19NO5. The summed E-state index contributed by atoms with van der Waals surface area (Å²) in [7, 11) is 1.33. The summed E-state index contributed by atoms with van der Waals surface area (Å²) in [5.41, 5.74) is 0.417. The van der Waals surface area contributed by atoms with Crippen LogP contribution >= 0.6 is 0 Å². The molecule has 1 aromatic rings. The molecule has 0 aliphatic rings. The minimum Gasteiger partial charge on any atom is -0.467 e. The highest BCUT2D eigenvalue weighted by molar-refractivity contribution is 5.88. The van der Waals surface area contributed by atoms with Crippen molar-refractivity contribution in [2.24, 2.45) is 0 Å². The predicted molar refractivity (Wildman–Crippen MR) is 64.3 cm³/mol. The van der Waals surface area contributed by atoms with Crippen molar-refractivity contribution in [3.05, 3.63) is 23.7 Å². The van der Waals surface area contributed by atoms with Crippen molar-refractivity contribution in [3.63, 3.8) is 0 Å².